The van der Waals surface area contributed by atoms with Crippen LogP contribution in [0.5, 0.6) is 0 Å². The molecule has 0 saturated heterocycles. The summed E-state index contributed by atoms with van der Waals surface area (Å²) in [5, 5.41) is 0. The average Bonchev–Trinajstić information content (AvgIpc) is 2.41. The first-order valence-electron chi connectivity index (χ1n) is 8.19. The summed E-state index contributed by atoms with van der Waals surface area (Å²) < 4.78 is 33.6. The van der Waals surface area contributed by atoms with Crippen LogP contribution in [0.15, 0.2) is 30.3 Å². The van der Waals surface area contributed by atoms with Crippen LogP contribution in [0.2, 0.25) is 0 Å². The van der Waals surface area contributed by atoms with Crippen LogP contribution >= 0.6 is 0 Å². The molecule has 0 fully saturated rings. The highest BCUT2D eigenvalue weighted by molar-refractivity contribution is 7.86. The Kier molecular flexibility index (Phi) is 6.63. The van der Waals surface area contributed by atoms with Gasteiger partial charge in [-0.3, -0.25) is 4.55 Å². The van der Waals surface area contributed by atoms with E-state index >= 15 is 0 Å². The topological polar surface area (TPSA) is 54.4 Å². The van der Waals surface area contributed by atoms with Crippen LogP contribution < -0.4 is 0 Å². The van der Waals surface area contributed by atoms with Gasteiger partial charge in [-0.2, -0.15) is 8.42 Å². The van der Waals surface area contributed by atoms with E-state index in [0.717, 1.165) is 25.7 Å². The molecule has 0 spiro atoms. The van der Waals surface area contributed by atoms with Gasteiger partial charge in [0.15, 0.2) is 0 Å². The minimum Gasteiger partial charge on any atom is -0.285 e. The van der Waals surface area contributed by atoms with Crippen LogP contribution in [0.4, 0.5) is 0 Å². The van der Waals surface area contributed by atoms with Crippen molar-refractivity contribution in [3.63, 3.8) is 0 Å². The monoisotopic (exact) mass is 326 g/mol. The molecule has 0 saturated carbocycles. The molecule has 1 atom stereocenters. The number of rotatable bonds is 8. The quantitative estimate of drug-likeness (QED) is 0.529. The van der Waals surface area contributed by atoms with Crippen LogP contribution in [0.1, 0.15) is 71.8 Å². The Morgan fingerprint density at radius 3 is 1.95 bits per heavy atom. The van der Waals surface area contributed by atoms with Gasteiger partial charge in [-0.05, 0) is 17.4 Å². The van der Waals surface area contributed by atoms with Crippen molar-refractivity contribution in [1.82, 2.24) is 0 Å². The first-order chi connectivity index (χ1) is 10.2. The van der Waals surface area contributed by atoms with Crippen molar-refractivity contribution in [1.29, 1.82) is 0 Å². The fourth-order valence-corrected chi connectivity index (χ4v) is 4.91. The first-order valence-corrected chi connectivity index (χ1v) is 9.63. The van der Waals surface area contributed by atoms with E-state index in [1.807, 2.05) is 51.1 Å². The Balaban J connectivity index is 3.19. The van der Waals surface area contributed by atoms with E-state index in [4.69, 9.17) is 0 Å². The molecular weight excluding hydrogens is 296 g/mol. The molecule has 1 N–H and O–H groups in total. The highest BCUT2D eigenvalue weighted by Gasteiger charge is 2.52. The molecule has 1 rings (SSSR count). The van der Waals surface area contributed by atoms with E-state index in [1.165, 1.54) is 6.42 Å². The second kappa shape index (κ2) is 7.60. The van der Waals surface area contributed by atoms with Crippen molar-refractivity contribution >= 4 is 10.1 Å². The molecule has 1 aromatic carbocycles. The molecule has 3 nitrogen and oxygen atoms in total. The molecular formula is C18H30O3S. The third-order valence-corrected chi connectivity index (χ3v) is 6.46. The maximum Gasteiger partial charge on any atom is 0.275 e. The molecule has 126 valence electrons. The standard InChI is InChI=1S/C18H30O3S/c1-5-6-7-8-12-15-18(17(2,3)4,22(19,20)21)16-13-10-9-11-14-16/h9-11,13-14H,5-8,12,15H2,1-4H3,(H,19,20,21). The van der Waals surface area contributed by atoms with E-state index in [2.05, 4.69) is 6.92 Å². The maximum absolute atomic E-state index is 12.4. The van der Waals surface area contributed by atoms with Gasteiger partial charge >= 0.3 is 0 Å². The third-order valence-electron chi connectivity index (χ3n) is 4.52. The summed E-state index contributed by atoms with van der Waals surface area (Å²) >= 11 is 0. The van der Waals surface area contributed by atoms with E-state index < -0.39 is 20.3 Å². The number of hydrogen-bond acceptors (Lipinski definition) is 2. The molecule has 4 heteroatoms. The molecule has 0 aliphatic rings. The summed E-state index contributed by atoms with van der Waals surface area (Å²) in [5.74, 6) is 0. The fraction of sp³-hybridized carbons (Fsp3) is 0.667. The van der Waals surface area contributed by atoms with Gasteiger partial charge in [-0.25, -0.2) is 0 Å². The number of hydrogen-bond donors (Lipinski definition) is 1. The van der Waals surface area contributed by atoms with E-state index in [9.17, 15) is 13.0 Å². The highest BCUT2D eigenvalue weighted by Crippen LogP contribution is 2.49. The molecule has 22 heavy (non-hydrogen) atoms. The molecule has 1 aromatic rings. The normalized spacial score (nSPS) is 15.5. The van der Waals surface area contributed by atoms with Crippen molar-refractivity contribution in [2.75, 3.05) is 0 Å². The van der Waals surface area contributed by atoms with Crippen molar-refractivity contribution in [2.24, 2.45) is 5.41 Å². The number of unbranched alkanes of at least 4 members (excludes halogenated alkanes) is 4. The zero-order valence-corrected chi connectivity index (χ0v) is 15.1. The van der Waals surface area contributed by atoms with E-state index in [-0.39, 0.29) is 0 Å². The lowest BCUT2D eigenvalue weighted by atomic mass is 9.72. The summed E-state index contributed by atoms with van der Waals surface area (Å²) in [6, 6.07) is 9.15. The largest absolute Gasteiger partial charge is 0.285 e. The predicted octanol–water partition coefficient (Wildman–Crippen LogP) is 5.18. The Bertz CT molecular complexity index is 543. The fourth-order valence-electron chi connectivity index (χ4n) is 3.30. The Morgan fingerprint density at radius 1 is 0.955 bits per heavy atom. The molecule has 0 amide bonds. The molecule has 0 aliphatic carbocycles. The second-order valence-electron chi connectivity index (χ2n) is 7.08. The lowest BCUT2D eigenvalue weighted by Gasteiger charge is -2.42. The maximum atomic E-state index is 12.4. The Labute approximate surface area is 135 Å². The van der Waals surface area contributed by atoms with Gasteiger partial charge in [0.1, 0.15) is 4.75 Å². The molecule has 0 aliphatic heterocycles. The van der Waals surface area contributed by atoms with Gasteiger partial charge < -0.3 is 0 Å². The van der Waals surface area contributed by atoms with Crippen LogP contribution in [-0.4, -0.2) is 13.0 Å². The van der Waals surface area contributed by atoms with E-state index in [0.29, 0.717) is 12.0 Å². The average molecular weight is 327 g/mol. The second-order valence-corrected chi connectivity index (χ2v) is 8.73. The zero-order chi connectivity index (χ0) is 16.9. The minimum absolute atomic E-state index is 0.447. The molecule has 0 bridgehead atoms. The Hall–Kier alpha value is -0.870. The highest BCUT2D eigenvalue weighted by atomic mass is 32.2. The SMILES string of the molecule is CCCCCCCC(c1ccccc1)(C(C)(C)C)S(=O)(=O)O. The predicted molar refractivity (Wildman–Crippen MR) is 92.5 cm³/mol. The summed E-state index contributed by atoms with van der Waals surface area (Å²) in [6.45, 7) is 7.82. The van der Waals surface area contributed by atoms with Crippen molar-refractivity contribution in [3.05, 3.63) is 35.9 Å². The summed E-state index contributed by atoms with van der Waals surface area (Å²) in [7, 11) is -4.23. The van der Waals surface area contributed by atoms with Crippen molar-refractivity contribution < 1.29 is 13.0 Å². The first kappa shape index (κ1) is 19.2. The molecule has 0 heterocycles. The third kappa shape index (κ3) is 4.11. The van der Waals surface area contributed by atoms with Crippen LogP contribution in [0.3, 0.4) is 0 Å². The van der Waals surface area contributed by atoms with Crippen LogP contribution in [0, 0.1) is 5.41 Å². The minimum atomic E-state index is -4.23. The van der Waals surface area contributed by atoms with E-state index in [1.54, 1.807) is 0 Å². The molecule has 1 unspecified atom stereocenters. The lowest BCUT2D eigenvalue weighted by Crippen LogP contribution is -2.47. The van der Waals surface area contributed by atoms with Gasteiger partial charge in [0.05, 0.1) is 0 Å². The lowest BCUT2D eigenvalue weighted by molar-refractivity contribution is 0.229. The van der Waals surface area contributed by atoms with Gasteiger partial charge in [-0.1, -0.05) is 90.1 Å². The zero-order valence-electron chi connectivity index (χ0n) is 14.3. The van der Waals surface area contributed by atoms with Gasteiger partial charge in [0.25, 0.3) is 10.1 Å². The molecule has 0 radical (unpaired) electrons. The van der Waals surface area contributed by atoms with Crippen LogP contribution in [-0.2, 0) is 14.9 Å². The summed E-state index contributed by atoms with van der Waals surface area (Å²) in [4.78, 5) is 0. The van der Waals surface area contributed by atoms with Crippen molar-refractivity contribution in [2.45, 2.75) is 71.0 Å². The smallest absolute Gasteiger partial charge is 0.275 e. The molecule has 0 aromatic heterocycles. The Morgan fingerprint density at radius 2 is 1.50 bits per heavy atom. The summed E-state index contributed by atoms with van der Waals surface area (Å²) in [5.41, 5.74) is 0.0904. The van der Waals surface area contributed by atoms with Gasteiger partial charge in [-0.15, -0.1) is 0 Å². The van der Waals surface area contributed by atoms with Gasteiger partial charge in [0.2, 0.25) is 0 Å². The summed E-state index contributed by atoms with van der Waals surface area (Å²) in [6.07, 6.45) is 5.67. The van der Waals surface area contributed by atoms with Gasteiger partial charge in [0, 0.05) is 0 Å². The van der Waals surface area contributed by atoms with Crippen LogP contribution in [0.25, 0.3) is 0 Å². The van der Waals surface area contributed by atoms with Crippen molar-refractivity contribution in [3.8, 4) is 0 Å². The number of benzene rings is 1.